The molecule has 0 amide bonds. The fourth-order valence-corrected chi connectivity index (χ4v) is 1.82. The van der Waals surface area contributed by atoms with E-state index in [0.717, 1.165) is 5.57 Å². The summed E-state index contributed by atoms with van der Waals surface area (Å²) >= 11 is 0. The summed E-state index contributed by atoms with van der Waals surface area (Å²) in [5.41, 5.74) is 1.29. The van der Waals surface area contributed by atoms with Gasteiger partial charge in [0.25, 0.3) is 0 Å². The number of ether oxygens (including phenoxy) is 4. The molecule has 5 nitrogen and oxygen atoms in total. The molecule has 0 aromatic rings. The first-order valence-corrected chi connectivity index (χ1v) is 6.15. The van der Waals surface area contributed by atoms with Crippen molar-refractivity contribution in [3.8, 4) is 0 Å². The third-order valence-electron chi connectivity index (χ3n) is 2.73. The number of hydrogen-bond donors (Lipinski definition) is 0. The SMILES string of the molecule is C=C(C)C(CC1=C(C)OC(C)(C)OC1=O)OCOC. The molecule has 1 aliphatic rings. The van der Waals surface area contributed by atoms with Gasteiger partial charge in [0.2, 0.25) is 5.79 Å². The third kappa shape index (κ3) is 4.36. The fourth-order valence-electron chi connectivity index (χ4n) is 1.82. The molecule has 1 rings (SSSR count). The van der Waals surface area contributed by atoms with Crippen molar-refractivity contribution in [1.82, 2.24) is 0 Å². The normalized spacial score (nSPS) is 19.7. The van der Waals surface area contributed by atoms with Crippen molar-refractivity contribution in [3.05, 3.63) is 23.5 Å². The molecule has 0 saturated carbocycles. The molecule has 0 fully saturated rings. The van der Waals surface area contributed by atoms with Gasteiger partial charge in [0.05, 0.1) is 11.7 Å². The number of allylic oxidation sites excluding steroid dienone is 1. The lowest BCUT2D eigenvalue weighted by Crippen LogP contribution is -2.37. The van der Waals surface area contributed by atoms with E-state index < -0.39 is 5.79 Å². The van der Waals surface area contributed by atoms with E-state index in [1.165, 1.54) is 0 Å². The molecule has 0 aromatic heterocycles. The first-order valence-electron chi connectivity index (χ1n) is 6.15. The van der Waals surface area contributed by atoms with Crippen LogP contribution in [-0.4, -0.2) is 31.8 Å². The second-order valence-electron chi connectivity index (χ2n) is 5.04. The number of rotatable bonds is 6. The molecule has 1 aliphatic heterocycles. The van der Waals surface area contributed by atoms with E-state index in [1.807, 2.05) is 6.92 Å². The van der Waals surface area contributed by atoms with Crippen molar-refractivity contribution < 1.29 is 23.7 Å². The summed E-state index contributed by atoms with van der Waals surface area (Å²) in [4.78, 5) is 12.0. The molecule has 0 bridgehead atoms. The molecule has 108 valence electrons. The Morgan fingerprint density at radius 1 is 1.42 bits per heavy atom. The summed E-state index contributed by atoms with van der Waals surface area (Å²) < 4.78 is 21.1. The summed E-state index contributed by atoms with van der Waals surface area (Å²) in [6, 6.07) is 0. The Bertz CT molecular complexity index is 395. The number of carbonyl (C=O) groups excluding carboxylic acids is 1. The molecule has 1 heterocycles. The highest BCUT2D eigenvalue weighted by molar-refractivity contribution is 5.90. The summed E-state index contributed by atoms with van der Waals surface area (Å²) in [7, 11) is 1.54. The summed E-state index contributed by atoms with van der Waals surface area (Å²) in [6.07, 6.45) is 0.0571. The van der Waals surface area contributed by atoms with Crippen molar-refractivity contribution in [2.24, 2.45) is 0 Å². The van der Waals surface area contributed by atoms with Crippen LogP contribution in [0.2, 0.25) is 0 Å². The molecule has 0 N–H and O–H groups in total. The summed E-state index contributed by atoms with van der Waals surface area (Å²) in [5.74, 6) is -0.730. The van der Waals surface area contributed by atoms with E-state index in [1.54, 1.807) is 27.9 Å². The number of cyclic esters (lactones) is 1. The monoisotopic (exact) mass is 270 g/mol. The Labute approximate surface area is 114 Å². The van der Waals surface area contributed by atoms with Crippen molar-refractivity contribution in [2.75, 3.05) is 13.9 Å². The summed E-state index contributed by atoms with van der Waals surface area (Å²) in [6.45, 7) is 11.0. The molecule has 1 unspecified atom stereocenters. The molecular formula is C14H22O5. The van der Waals surface area contributed by atoms with Gasteiger partial charge in [-0.2, -0.15) is 0 Å². The zero-order valence-electron chi connectivity index (χ0n) is 12.2. The molecule has 1 atom stereocenters. The standard InChI is InChI=1S/C14H22O5/c1-9(2)12(17-8-16-6)7-11-10(3)18-14(4,5)19-13(11)15/h12H,1,7-8H2,2-6H3. The molecule has 19 heavy (non-hydrogen) atoms. The lowest BCUT2D eigenvalue weighted by molar-refractivity contribution is -0.208. The topological polar surface area (TPSA) is 54.0 Å². The van der Waals surface area contributed by atoms with E-state index >= 15 is 0 Å². The minimum atomic E-state index is -0.920. The van der Waals surface area contributed by atoms with Crippen LogP contribution in [-0.2, 0) is 23.7 Å². The number of esters is 1. The van der Waals surface area contributed by atoms with Gasteiger partial charge in [-0.25, -0.2) is 4.79 Å². The van der Waals surface area contributed by atoms with E-state index in [4.69, 9.17) is 18.9 Å². The Balaban J connectivity index is 2.83. The zero-order chi connectivity index (χ0) is 14.6. The van der Waals surface area contributed by atoms with Gasteiger partial charge in [-0.1, -0.05) is 12.2 Å². The predicted octanol–water partition coefficient (Wildman–Crippen LogP) is 2.53. The van der Waals surface area contributed by atoms with Crippen LogP contribution in [0.4, 0.5) is 0 Å². The van der Waals surface area contributed by atoms with Gasteiger partial charge in [0.15, 0.2) is 0 Å². The van der Waals surface area contributed by atoms with Gasteiger partial charge in [-0.3, -0.25) is 0 Å². The lowest BCUT2D eigenvalue weighted by atomic mass is 10.0. The van der Waals surface area contributed by atoms with Crippen LogP contribution in [0.15, 0.2) is 23.5 Å². The third-order valence-corrected chi connectivity index (χ3v) is 2.73. The van der Waals surface area contributed by atoms with Gasteiger partial charge >= 0.3 is 5.97 Å². The van der Waals surface area contributed by atoms with Gasteiger partial charge < -0.3 is 18.9 Å². The van der Waals surface area contributed by atoms with Crippen molar-refractivity contribution in [1.29, 1.82) is 0 Å². The maximum Gasteiger partial charge on any atom is 0.340 e. The highest BCUT2D eigenvalue weighted by Crippen LogP contribution is 2.29. The van der Waals surface area contributed by atoms with Gasteiger partial charge in [0, 0.05) is 27.4 Å². The maximum atomic E-state index is 12.0. The van der Waals surface area contributed by atoms with Crippen molar-refractivity contribution >= 4 is 5.97 Å². The molecule has 0 aliphatic carbocycles. The van der Waals surface area contributed by atoms with Crippen molar-refractivity contribution in [3.63, 3.8) is 0 Å². The molecule has 0 radical (unpaired) electrons. The number of methoxy groups -OCH3 is 1. The minimum Gasteiger partial charge on any atom is -0.457 e. The molecule has 0 saturated heterocycles. The second-order valence-corrected chi connectivity index (χ2v) is 5.04. The molecule has 5 heteroatoms. The Kier molecular flexibility index (Phi) is 5.14. The van der Waals surface area contributed by atoms with Crippen LogP contribution in [0.3, 0.4) is 0 Å². The largest absolute Gasteiger partial charge is 0.457 e. The van der Waals surface area contributed by atoms with Crippen LogP contribution >= 0.6 is 0 Å². The summed E-state index contributed by atoms with van der Waals surface area (Å²) in [5, 5.41) is 0. The molecule has 0 aromatic carbocycles. The van der Waals surface area contributed by atoms with E-state index in [2.05, 4.69) is 6.58 Å². The van der Waals surface area contributed by atoms with Gasteiger partial charge in [-0.05, 0) is 13.8 Å². The van der Waals surface area contributed by atoms with Crippen LogP contribution in [0, 0.1) is 0 Å². The highest BCUT2D eigenvalue weighted by Gasteiger charge is 2.35. The van der Waals surface area contributed by atoms with Crippen LogP contribution in [0.1, 0.15) is 34.1 Å². The number of carbonyl (C=O) groups is 1. The van der Waals surface area contributed by atoms with Crippen LogP contribution in [0.5, 0.6) is 0 Å². The smallest absolute Gasteiger partial charge is 0.340 e. The average molecular weight is 270 g/mol. The van der Waals surface area contributed by atoms with E-state index in [-0.39, 0.29) is 18.9 Å². The Morgan fingerprint density at radius 3 is 2.53 bits per heavy atom. The first-order chi connectivity index (χ1) is 8.76. The second kappa shape index (κ2) is 6.21. The Morgan fingerprint density at radius 2 is 2.05 bits per heavy atom. The van der Waals surface area contributed by atoms with Gasteiger partial charge in [-0.15, -0.1) is 0 Å². The van der Waals surface area contributed by atoms with Crippen molar-refractivity contribution in [2.45, 2.75) is 46.0 Å². The van der Waals surface area contributed by atoms with E-state index in [0.29, 0.717) is 17.8 Å². The van der Waals surface area contributed by atoms with Crippen LogP contribution < -0.4 is 0 Å². The van der Waals surface area contributed by atoms with E-state index in [9.17, 15) is 4.79 Å². The Hall–Kier alpha value is -1.33. The molecule has 0 spiro atoms. The predicted molar refractivity (Wildman–Crippen MR) is 70.1 cm³/mol. The van der Waals surface area contributed by atoms with Crippen LogP contribution in [0.25, 0.3) is 0 Å². The number of hydrogen-bond acceptors (Lipinski definition) is 5. The highest BCUT2D eigenvalue weighted by atomic mass is 16.7. The quantitative estimate of drug-likeness (QED) is 0.422. The van der Waals surface area contributed by atoms with Gasteiger partial charge in [0.1, 0.15) is 12.6 Å². The fraction of sp³-hybridized carbons (Fsp3) is 0.643. The molecular weight excluding hydrogens is 248 g/mol. The maximum absolute atomic E-state index is 12.0. The lowest BCUT2D eigenvalue weighted by Gasteiger charge is -2.33. The zero-order valence-corrected chi connectivity index (χ0v) is 12.2. The average Bonchev–Trinajstić information content (AvgIpc) is 2.25. The minimum absolute atomic E-state index is 0.144. The first kappa shape index (κ1) is 15.7.